The first-order valence-corrected chi connectivity index (χ1v) is 14.5. The third-order valence-electron chi connectivity index (χ3n) is 9.09. The van der Waals surface area contributed by atoms with Crippen molar-refractivity contribution in [2.75, 3.05) is 0 Å². The molecule has 0 heterocycles. The molecule has 0 atom stereocenters. The van der Waals surface area contributed by atoms with Gasteiger partial charge in [0.2, 0.25) is 0 Å². The highest BCUT2D eigenvalue weighted by atomic mass is 14.4. The molecule has 194 valence electrons. The summed E-state index contributed by atoms with van der Waals surface area (Å²) in [4.78, 5) is 0. The first-order chi connectivity index (χ1) is 20.1. The number of benzene rings is 7. The minimum Gasteiger partial charge on any atom is -0.0622 e. The Morgan fingerprint density at radius 1 is 0.341 bits per heavy atom. The average Bonchev–Trinajstić information content (AvgIpc) is 3.03. The van der Waals surface area contributed by atoms with Crippen LogP contribution in [0.15, 0.2) is 146 Å². The van der Waals surface area contributed by atoms with Gasteiger partial charge in [-0.2, -0.15) is 0 Å². The van der Waals surface area contributed by atoms with E-state index in [1.165, 1.54) is 77.2 Å². The van der Waals surface area contributed by atoms with Gasteiger partial charge < -0.3 is 0 Å². The van der Waals surface area contributed by atoms with Crippen molar-refractivity contribution in [1.29, 1.82) is 0 Å². The molecule has 0 aromatic heterocycles. The SMILES string of the molecule is CC1(C)c2ccccc2-c2c3ccccc3c(-c3ccc(-c4ccc(-c5ccccc5)cc4)cc3)c3cccc1c23. The molecule has 0 aliphatic heterocycles. The zero-order chi connectivity index (χ0) is 27.6. The molecule has 0 fully saturated rings. The largest absolute Gasteiger partial charge is 0.0622 e. The van der Waals surface area contributed by atoms with Crippen LogP contribution in [-0.2, 0) is 5.41 Å². The van der Waals surface area contributed by atoms with Crippen molar-refractivity contribution in [3.8, 4) is 44.5 Å². The molecule has 0 nitrogen and oxygen atoms in total. The Kier molecular flexibility index (Phi) is 5.27. The highest BCUT2D eigenvalue weighted by molar-refractivity contribution is 6.23. The third kappa shape index (κ3) is 3.61. The van der Waals surface area contributed by atoms with Gasteiger partial charge in [0.1, 0.15) is 0 Å². The van der Waals surface area contributed by atoms with E-state index in [2.05, 4.69) is 159 Å². The van der Waals surface area contributed by atoms with Crippen molar-refractivity contribution in [1.82, 2.24) is 0 Å². The van der Waals surface area contributed by atoms with E-state index >= 15 is 0 Å². The Morgan fingerprint density at radius 3 is 1.46 bits per heavy atom. The molecule has 0 heteroatoms. The molecule has 1 aliphatic carbocycles. The minimum absolute atomic E-state index is 0.0708. The van der Waals surface area contributed by atoms with E-state index in [1.54, 1.807) is 0 Å². The van der Waals surface area contributed by atoms with Crippen molar-refractivity contribution in [3.05, 3.63) is 157 Å². The van der Waals surface area contributed by atoms with E-state index < -0.39 is 0 Å². The molecule has 0 saturated carbocycles. The van der Waals surface area contributed by atoms with Gasteiger partial charge in [0.15, 0.2) is 0 Å². The van der Waals surface area contributed by atoms with Gasteiger partial charge in [-0.1, -0.05) is 159 Å². The standard InChI is InChI=1S/C41H30/c1-41(2)36-17-9-8-15-34(36)39-33-14-7-6-13-32(33)38(35-16-10-18-37(41)40(35)39)31-25-23-30(24-26-31)29-21-19-28(20-22-29)27-11-4-3-5-12-27/h3-26H,1-2H3. The Labute approximate surface area is 241 Å². The summed E-state index contributed by atoms with van der Waals surface area (Å²) in [5.74, 6) is 0. The van der Waals surface area contributed by atoms with Crippen LogP contribution in [0.5, 0.6) is 0 Å². The van der Waals surface area contributed by atoms with E-state index in [1.807, 2.05) is 0 Å². The maximum Gasteiger partial charge on any atom is 0.0159 e. The summed E-state index contributed by atoms with van der Waals surface area (Å²) >= 11 is 0. The van der Waals surface area contributed by atoms with Crippen molar-refractivity contribution < 1.29 is 0 Å². The summed E-state index contributed by atoms with van der Waals surface area (Å²) in [6, 6.07) is 53.5. The molecule has 1 aliphatic rings. The van der Waals surface area contributed by atoms with E-state index in [4.69, 9.17) is 0 Å². The van der Waals surface area contributed by atoms with Crippen LogP contribution in [0.3, 0.4) is 0 Å². The van der Waals surface area contributed by atoms with E-state index in [9.17, 15) is 0 Å². The topological polar surface area (TPSA) is 0 Å². The van der Waals surface area contributed by atoms with Crippen LogP contribution < -0.4 is 0 Å². The third-order valence-corrected chi connectivity index (χ3v) is 9.09. The molecule has 0 spiro atoms. The zero-order valence-corrected chi connectivity index (χ0v) is 23.4. The minimum atomic E-state index is -0.0708. The number of rotatable bonds is 3. The molecule has 0 radical (unpaired) electrons. The smallest absolute Gasteiger partial charge is 0.0159 e. The zero-order valence-electron chi connectivity index (χ0n) is 23.4. The van der Waals surface area contributed by atoms with Crippen LogP contribution in [0.4, 0.5) is 0 Å². The molecule has 7 aromatic rings. The van der Waals surface area contributed by atoms with Crippen LogP contribution in [0.1, 0.15) is 25.0 Å². The maximum absolute atomic E-state index is 2.37. The summed E-state index contributed by atoms with van der Waals surface area (Å²) in [5.41, 5.74) is 13.0. The fourth-order valence-electron chi connectivity index (χ4n) is 7.05. The van der Waals surface area contributed by atoms with Crippen LogP contribution in [0.25, 0.3) is 66.1 Å². The van der Waals surface area contributed by atoms with Crippen LogP contribution in [0.2, 0.25) is 0 Å². The fourth-order valence-corrected chi connectivity index (χ4v) is 7.05. The van der Waals surface area contributed by atoms with Gasteiger partial charge in [-0.3, -0.25) is 0 Å². The molecule has 8 rings (SSSR count). The van der Waals surface area contributed by atoms with Crippen LogP contribution >= 0.6 is 0 Å². The fraction of sp³-hybridized carbons (Fsp3) is 0.0732. The Hall–Kier alpha value is -4.94. The Bertz CT molecular complexity index is 2080. The Balaban J connectivity index is 1.31. The summed E-state index contributed by atoms with van der Waals surface area (Å²) in [6.45, 7) is 4.74. The van der Waals surface area contributed by atoms with Crippen LogP contribution in [0, 0.1) is 0 Å². The summed E-state index contributed by atoms with van der Waals surface area (Å²) in [7, 11) is 0. The lowest BCUT2D eigenvalue weighted by Gasteiger charge is -2.36. The van der Waals surface area contributed by atoms with E-state index in [-0.39, 0.29) is 5.41 Å². The molecule has 0 unspecified atom stereocenters. The van der Waals surface area contributed by atoms with Gasteiger partial charge in [-0.15, -0.1) is 0 Å². The number of fused-ring (bicyclic) bond motifs is 4. The van der Waals surface area contributed by atoms with Gasteiger partial charge in [0.05, 0.1) is 0 Å². The van der Waals surface area contributed by atoms with Crippen molar-refractivity contribution in [3.63, 3.8) is 0 Å². The second-order valence-electron chi connectivity index (χ2n) is 11.7. The maximum atomic E-state index is 2.37. The lowest BCUT2D eigenvalue weighted by molar-refractivity contribution is 0.645. The summed E-state index contributed by atoms with van der Waals surface area (Å²) in [5, 5.41) is 5.36. The van der Waals surface area contributed by atoms with Gasteiger partial charge in [-0.05, 0) is 77.2 Å². The highest BCUT2D eigenvalue weighted by Crippen LogP contribution is 2.53. The van der Waals surface area contributed by atoms with Crippen molar-refractivity contribution in [2.24, 2.45) is 0 Å². The van der Waals surface area contributed by atoms with Gasteiger partial charge in [0, 0.05) is 5.41 Å². The summed E-state index contributed by atoms with van der Waals surface area (Å²) in [6.07, 6.45) is 0. The predicted molar refractivity (Wildman–Crippen MR) is 175 cm³/mol. The number of hydrogen-bond donors (Lipinski definition) is 0. The van der Waals surface area contributed by atoms with Crippen molar-refractivity contribution in [2.45, 2.75) is 19.3 Å². The van der Waals surface area contributed by atoms with Crippen LogP contribution in [-0.4, -0.2) is 0 Å². The predicted octanol–water partition coefficient (Wildman–Crippen LogP) is 11.3. The molecular formula is C41H30. The lowest BCUT2D eigenvalue weighted by atomic mass is 9.67. The first-order valence-electron chi connectivity index (χ1n) is 14.5. The monoisotopic (exact) mass is 522 g/mol. The van der Waals surface area contributed by atoms with E-state index in [0.717, 1.165) is 0 Å². The lowest BCUT2D eigenvalue weighted by Crippen LogP contribution is -2.23. The first kappa shape index (κ1) is 23.9. The van der Waals surface area contributed by atoms with E-state index in [0.29, 0.717) is 0 Å². The molecule has 41 heavy (non-hydrogen) atoms. The van der Waals surface area contributed by atoms with Crippen molar-refractivity contribution >= 4 is 21.5 Å². The summed E-state index contributed by atoms with van der Waals surface area (Å²) < 4.78 is 0. The van der Waals surface area contributed by atoms with Gasteiger partial charge in [0.25, 0.3) is 0 Å². The van der Waals surface area contributed by atoms with Gasteiger partial charge >= 0.3 is 0 Å². The molecule has 0 bridgehead atoms. The molecule has 7 aromatic carbocycles. The second-order valence-corrected chi connectivity index (χ2v) is 11.7. The Morgan fingerprint density at radius 2 is 0.805 bits per heavy atom. The normalized spacial score (nSPS) is 13.3. The van der Waals surface area contributed by atoms with Gasteiger partial charge in [-0.25, -0.2) is 0 Å². The molecular weight excluding hydrogens is 492 g/mol. The quantitative estimate of drug-likeness (QED) is 0.202. The average molecular weight is 523 g/mol. The second kappa shape index (κ2) is 9.04. The highest BCUT2D eigenvalue weighted by Gasteiger charge is 2.34. The molecule has 0 amide bonds. The number of hydrogen-bond acceptors (Lipinski definition) is 0. The molecule has 0 N–H and O–H groups in total. The molecule has 0 saturated heterocycles.